The van der Waals surface area contributed by atoms with Crippen LogP contribution < -0.4 is 5.43 Å². The molecule has 1 aliphatic heterocycles. The molecule has 1 aliphatic rings. The maximum atomic E-state index is 12.1. The third-order valence-electron chi connectivity index (χ3n) is 3.54. The highest BCUT2D eigenvalue weighted by Crippen LogP contribution is 2.29. The molecule has 0 fully saturated rings. The van der Waals surface area contributed by atoms with Crippen LogP contribution in [0.25, 0.3) is 0 Å². The standard InChI is InChI=1S/C16H11Cl3N2O/c17-11-4-1-9(2-5-11)12-8-15(20-21-16(12)22)10-3-6-13(18)14(19)7-10/h1-7,12H,8H2,(H,21,22)/t12-/m0/s1. The molecule has 0 radical (unpaired) electrons. The lowest BCUT2D eigenvalue weighted by Crippen LogP contribution is -2.33. The Bertz CT molecular complexity index is 756. The number of halogens is 3. The maximum Gasteiger partial charge on any atom is 0.248 e. The zero-order valence-corrected chi connectivity index (χ0v) is 13.6. The molecule has 22 heavy (non-hydrogen) atoms. The predicted octanol–water partition coefficient (Wildman–Crippen LogP) is 4.65. The van der Waals surface area contributed by atoms with Crippen molar-refractivity contribution in [3.63, 3.8) is 0 Å². The Kier molecular flexibility index (Phi) is 4.39. The van der Waals surface area contributed by atoms with Crippen LogP contribution in [0.2, 0.25) is 15.1 Å². The van der Waals surface area contributed by atoms with E-state index in [-0.39, 0.29) is 11.8 Å². The minimum Gasteiger partial charge on any atom is -0.272 e. The molecule has 2 aromatic rings. The van der Waals surface area contributed by atoms with Crippen LogP contribution in [-0.2, 0) is 4.79 Å². The minimum absolute atomic E-state index is 0.133. The molecule has 6 heteroatoms. The highest BCUT2D eigenvalue weighted by atomic mass is 35.5. The molecule has 1 atom stereocenters. The number of hydrogen-bond donors (Lipinski definition) is 1. The summed E-state index contributed by atoms with van der Waals surface area (Å²) in [5.41, 5.74) is 5.07. The molecule has 0 saturated heterocycles. The van der Waals surface area contributed by atoms with Gasteiger partial charge in [0.1, 0.15) is 0 Å². The summed E-state index contributed by atoms with van der Waals surface area (Å²) in [6.45, 7) is 0. The highest BCUT2D eigenvalue weighted by Gasteiger charge is 2.27. The van der Waals surface area contributed by atoms with E-state index >= 15 is 0 Å². The van der Waals surface area contributed by atoms with E-state index in [2.05, 4.69) is 10.5 Å². The molecular weight excluding hydrogens is 343 g/mol. The Morgan fingerprint density at radius 3 is 2.41 bits per heavy atom. The first-order valence-corrected chi connectivity index (χ1v) is 7.75. The molecule has 3 rings (SSSR count). The van der Waals surface area contributed by atoms with Crippen LogP contribution in [0.15, 0.2) is 47.6 Å². The highest BCUT2D eigenvalue weighted by molar-refractivity contribution is 6.42. The van der Waals surface area contributed by atoms with Crippen LogP contribution in [0.3, 0.4) is 0 Å². The first kappa shape index (κ1) is 15.3. The van der Waals surface area contributed by atoms with Gasteiger partial charge in [0, 0.05) is 11.4 Å². The monoisotopic (exact) mass is 352 g/mol. The number of rotatable bonds is 2. The van der Waals surface area contributed by atoms with E-state index in [0.717, 1.165) is 16.8 Å². The fraction of sp³-hybridized carbons (Fsp3) is 0.125. The Hall–Kier alpha value is -1.55. The van der Waals surface area contributed by atoms with E-state index < -0.39 is 0 Å². The molecule has 0 bridgehead atoms. The zero-order chi connectivity index (χ0) is 15.7. The molecule has 1 N–H and O–H groups in total. The SMILES string of the molecule is O=C1NN=C(c2ccc(Cl)c(Cl)c2)C[C@H]1c1ccc(Cl)cc1. The maximum absolute atomic E-state index is 12.1. The third-order valence-corrected chi connectivity index (χ3v) is 4.53. The van der Waals surface area contributed by atoms with Gasteiger partial charge in [-0.25, -0.2) is 5.43 Å². The Morgan fingerprint density at radius 2 is 1.73 bits per heavy atom. The van der Waals surface area contributed by atoms with Gasteiger partial charge in [0.05, 0.1) is 21.7 Å². The topological polar surface area (TPSA) is 41.5 Å². The summed E-state index contributed by atoms with van der Waals surface area (Å²) in [6.07, 6.45) is 0.491. The molecule has 112 valence electrons. The second-order valence-corrected chi connectivity index (χ2v) is 6.22. The lowest BCUT2D eigenvalue weighted by atomic mass is 9.89. The lowest BCUT2D eigenvalue weighted by Gasteiger charge is -2.22. The summed E-state index contributed by atoms with van der Waals surface area (Å²) in [5, 5.41) is 5.72. The van der Waals surface area contributed by atoms with Gasteiger partial charge in [-0.1, -0.05) is 53.0 Å². The van der Waals surface area contributed by atoms with Gasteiger partial charge in [0.25, 0.3) is 0 Å². The predicted molar refractivity (Wildman–Crippen MR) is 90.0 cm³/mol. The van der Waals surface area contributed by atoms with Gasteiger partial charge in [-0.05, 0) is 35.4 Å². The summed E-state index contributed by atoms with van der Waals surface area (Å²) >= 11 is 17.9. The number of benzene rings is 2. The van der Waals surface area contributed by atoms with Crippen LogP contribution in [-0.4, -0.2) is 11.6 Å². The molecule has 1 amide bonds. The molecule has 1 heterocycles. The van der Waals surface area contributed by atoms with E-state index in [0.29, 0.717) is 21.5 Å². The van der Waals surface area contributed by atoms with E-state index in [1.807, 2.05) is 18.2 Å². The first-order valence-electron chi connectivity index (χ1n) is 6.62. The molecular formula is C16H11Cl3N2O. The average Bonchev–Trinajstić information content (AvgIpc) is 2.52. The molecule has 0 unspecified atom stereocenters. The summed E-state index contributed by atoms with van der Waals surface area (Å²) in [6, 6.07) is 12.6. The number of nitrogens with one attached hydrogen (secondary N) is 1. The van der Waals surface area contributed by atoms with Crippen molar-refractivity contribution in [1.29, 1.82) is 0 Å². The fourth-order valence-corrected chi connectivity index (χ4v) is 2.78. The number of hydrogen-bond acceptors (Lipinski definition) is 2. The van der Waals surface area contributed by atoms with Gasteiger partial charge in [-0.15, -0.1) is 0 Å². The van der Waals surface area contributed by atoms with Crippen molar-refractivity contribution in [3.8, 4) is 0 Å². The van der Waals surface area contributed by atoms with Crippen molar-refractivity contribution < 1.29 is 4.79 Å². The summed E-state index contributed by atoms with van der Waals surface area (Å²) in [4.78, 5) is 12.1. The molecule has 0 spiro atoms. The van der Waals surface area contributed by atoms with Crippen molar-refractivity contribution in [1.82, 2.24) is 5.43 Å². The first-order chi connectivity index (χ1) is 10.5. The van der Waals surface area contributed by atoms with E-state index in [4.69, 9.17) is 34.8 Å². The molecule has 0 aromatic heterocycles. The summed E-state index contributed by atoms with van der Waals surface area (Å²) in [5.74, 6) is -0.439. The van der Waals surface area contributed by atoms with Gasteiger partial charge in [0.2, 0.25) is 5.91 Å². The van der Waals surface area contributed by atoms with Gasteiger partial charge >= 0.3 is 0 Å². The van der Waals surface area contributed by atoms with Crippen molar-refractivity contribution in [3.05, 3.63) is 68.7 Å². The van der Waals surface area contributed by atoms with E-state index in [9.17, 15) is 4.79 Å². The fourth-order valence-electron chi connectivity index (χ4n) is 2.35. The summed E-state index contributed by atoms with van der Waals surface area (Å²) in [7, 11) is 0. The Labute approximate surface area is 142 Å². The van der Waals surface area contributed by atoms with E-state index in [1.165, 1.54) is 0 Å². The zero-order valence-electron chi connectivity index (χ0n) is 11.3. The summed E-state index contributed by atoms with van der Waals surface area (Å²) < 4.78 is 0. The number of carbonyl (C=O) groups is 1. The van der Waals surface area contributed by atoms with E-state index in [1.54, 1.807) is 24.3 Å². The molecule has 0 aliphatic carbocycles. The Balaban J connectivity index is 1.90. The van der Waals surface area contributed by atoms with Gasteiger partial charge in [-0.3, -0.25) is 4.79 Å². The number of carbonyl (C=O) groups excluding carboxylic acids is 1. The number of amides is 1. The van der Waals surface area contributed by atoms with Gasteiger partial charge in [0.15, 0.2) is 0 Å². The lowest BCUT2D eigenvalue weighted by molar-refractivity contribution is -0.122. The third kappa shape index (κ3) is 3.12. The van der Waals surface area contributed by atoms with Gasteiger partial charge < -0.3 is 0 Å². The quantitative estimate of drug-likeness (QED) is 0.838. The number of hydrazone groups is 1. The smallest absolute Gasteiger partial charge is 0.248 e. The van der Waals surface area contributed by atoms with Crippen LogP contribution in [0, 0.1) is 0 Å². The molecule has 3 nitrogen and oxygen atoms in total. The average molecular weight is 354 g/mol. The minimum atomic E-state index is -0.306. The van der Waals surface area contributed by atoms with Crippen LogP contribution in [0.4, 0.5) is 0 Å². The van der Waals surface area contributed by atoms with Crippen LogP contribution in [0.1, 0.15) is 23.5 Å². The molecule has 2 aromatic carbocycles. The second kappa shape index (κ2) is 6.29. The normalized spacial score (nSPS) is 17.9. The van der Waals surface area contributed by atoms with Gasteiger partial charge in [-0.2, -0.15) is 5.10 Å². The van der Waals surface area contributed by atoms with Crippen molar-refractivity contribution in [2.75, 3.05) is 0 Å². The van der Waals surface area contributed by atoms with Crippen LogP contribution in [0.5, 0.6) is 0 Å². The number of nitrogens with zero attached hydrogens (tertiary/aromatic N) is 1. The largest absolute Gasteiger partial charge is 0.272 e. The van der Waals surface area contributed by atoms with Crippen molar-refractivity contribution in [2.45, 2.75) is 12.3 Å². The van der Waals surface area contributed by atoms with Crippen LogP contribution >= 0.6 is 34.8 Å². The van der Waals surface area contributed by atoms with Crippen molar-refractivity contribution in [2.24, 2.45) is 5.10 Å². The van der Waals surface area contributed by atoms with Crippen molar-refractivity contribution >= 4 is 46.4 Å². The second-order valence-electron chi connectivity index (χ2n) is 4.97. The Morgan fingerprint density at radius 1 is 1.00 bits per heavy atom. The molecule has 0 saturated carbocycles.